The van der Waals surface area contributed by atoms with Crippen molar-refractivity contribution in [2.75, 3.05) is 42.4 Å². The van der Waals surface area contributed by atoms with Crippen LogP contribution < -0.4 is 21.9 Å². The summed E-state index contributed by atoms with van der Waals surface area (Å²) in [6.07, 6.45) is 0. The van der Waals surface area contributed by atoms with Gasteiger partial charge in [0.05, 0.1) is 25.9 Å². The first-order chi connectivity index (χ1) is 8.24. The molecule has 1 unspecified atom stereocenters. The van der Waals surface area contributed by atoms with Gasteiger partial charge in [0.15, 0.2) is 0 Å². The predicted molar refractivity (Wildman–Crippen MR) is 63.3 cm³/mol. The Kier molecular flexibility index (Phi) is 3.57. The highest BCUT2D eigenvalue weighted by molar-refractivity contribution is 5.52. The molecule has 1 aliphatic rings. The van der Waals surface area contributed by atoms with E-state index in [1.54, 1.807) is 6.07 Å². The van der Waals surface area contributed by atoms with Crippen LogP contribution in [0.5, 0.6) is 0 Å². The van der Waals surface area contributed by atoms with Crippen molar-refractivity contribution in [3.05, 3.63) is 6.07 Å². The summed E-state index contributed by atoms with van der Waals surface area (Å²) in [6.45, 7) is 1.69. The maximum Gasteiger partial charge on any atom is 0.223 e. The minimum absolute atomic E-state index is 0.00467. The van der Waals surface area contributed by atoms with E-state index in [0.29, 0.717) is 31.4 Å². The van der Waals surface area contributed by atoms with Crippen molar-refractivity contribution < 1.29 is 9.84 Å². The second-order valence-corrected chi connectivity index (χ2v) is 3.72. The minimum atomic E-state index is -0.122. The molecule has 1 aliphatic heterocycles. The topological polar surface area (TPSA) is 123 Å². The van der Waals surface area contributed by atoms with Gasteiger partial charge in [0.2, 0.25) is 5.95 Å². The van der Waals surface area contributed by atoms with E-state index in [1.807, 2.05) is 4.90 Å². The molecule has 2 heterocycles. The largest absolute Gasteiger partial charge is 0.394 e. The number of hydrogen-bond acceptors (Lipinski definition) is 8. The van der Waals surface area contributed by atoms with Crippen LogP contribution in [0, 0.1) is 0 Å². The summed E-state index contributed by atoms with van der Waals surface area (Å²) >= 11 is 0. The monoisotopic (exact) mass is 240 g/mol. The first-order valence-electron chi connectivity index (χ1n) is 5.31. The lowest BCUT2D eigenvalue weighted by atomic mass is 10.2. The van der Waals surface area contributed by atoms with Gasteiger partial charge in [-0.2, -0.15) is 9.97 Å². The average Bonchev–Trinajstić information content (AvgIpc) is 2.37. The first kappa shape index (κ1) is 11.8. The van der Waals surface area contributed by atoms with Gasteiger partial charge in [-0.3, -0.25) is 0 Å². The van der Waals surface area contributed by atoms with Gasteiger partial charge in [-0.1, -0.05) is 0 Å². The highest BCUT2D eigenvalue weighted by Gasteiger charge is 2.24. The number of rotatable bonds is 3. The van der Waals surface area contributed by atoms with E-state index in [4.69, 9.17) is 16.3 Å². The SMILES string of the molecule is NNc1cc(N2CCOCC2CO)nc(N)n1. The van der Waals surface area contributed by atoms with Gasteiger partial charge < -0.3 is 25.9 Å². The zero-order valence-corrected chi connectivity index (χ0v) is 9.33. The molecule has 0 aromatic carbocycles. The third-order valence-electron chi connectivity index (χ3n) is 2.61. The summed E-state index contributed by atoms with van der Waals surface area (Å²) in [5, 5.41) is 9.28. The summed E-state index contributed by atoms with van der Waals surface area (Å²) in [7, 11) is 0. The van der Waals surface area contributed by atoms with Crippen LogP contribution in [0.2, 0.25) is 0 Å². The Hall–Kier alpha value is -1.64. The number of nitrogens with two attached hydrogens (primary N) is 2. The van der Waals surface area contributed by atoms with Crippen molar-refractivity contribution in [2.45, 2.75) is 6.04 Å². The molecule has 2 rings (SSSR count). The number of aliphatic hydroxyl groups is 1. The lowest BCUT2D eigenvalue weighted by Gasteiger charge is -2.35. The lowest BCUT2D eigenvalue weighted by Crippen LogP contribution is -2.48. The van der Waals surface area contributed by atoms with Crippen LogP contribution >= 0.6 is 0 Å². The predicted octanol–water partition coefficient (Wildman–Crippen LogP) is -1.46. The van der Waals surface area contributed by atoms with Crippen LogP contribution in [-0.4, -0.2) is 47.5 Å². The molecule has 0 saturated carbocycles. The number of ether oxygens (including phenoxy) is 1. The van der Waals surface area contributed by atoms with Crippen LogP contribution in [0.15, 0.2) is 6.07 Å². The Bertz CT molecular complexity index is 388. The molecule has 0 amide bonds. The number of hydrazine groups is 1. The molecule has 94 valence electrons. The Morgan fingerprint density at radius 3 is 3.12 bits per heavy atom. The number of nitrogens with one attached hydrogen (secondary N) is 1. The van der Waals surface area contributed by atoms with Crippen molar-refractivity contribution >= 4 is 17.6 Å². The molecular weight excluding hydrogens is 224 g/mol. The lowest BCUT2D eigenvalue weighted by molar-refractivity contribution is 0.0723. The standard InChI is InChI=1S/C9H16N6O2/c10-9-12-7(14-11)3-8(13-9)15-1-2-17-5-6(15)4-16/h3,6,16H,1-2,4-5,11H2,(H3,10,12,13,14). The molecule has 8 nitrogen and oxygen atoms in total. The smallest absolute Gasteiger partial charge is 0.223 e. The maximum absolute atomic E-state index is 9.28. The Morgan fingerprint density at radius 2 is 2.41 bits per heavy atom. The van der Waals surface area contributed by atoms with E-state index in [9.17, 15) is 5.11 Å². The average molecular weight is 240 g/mol. The zero-order chi connectivity index (χ0) is 12.3. The third kappa shape index (κ3) is 2.54. The quantitative estimate of drug-likeness (QED) is 0.373. The van der Waals surface area contributed by atoms with E-state index in [0.717, 1.165) is 0 Å². The summed E-state index contributed by atoms with van der Waals surface area (Å²) in [5.74, 6) is 6.51. The molecule has 6 N–H and O–H groups in total. The molecule has 1 atom stereocenters. The van der Waals surface area contributed by atoms with Crippen LogP contribution in [0.25, 0.3) is 0 Å². The summed E-state index contributed by atoms with van der Waals surface area (Å²) in [5.41, 5.74) is 8.02. The molecule has 1 aromatic heterocycles. The van der Waals surface area contributed by atoms with Crippen LogP contribution in [0.3, 0.4) is 0 Å². The number of nitrogen functional groups attached to an aromatic ring is 2. The normalized spacial score (nSPS) is 20.4. The summed E-state index contributed by atoms with van der Waals surface area (Å²) in [4.78, 5) is 9.98. The molecule has 0 aliphatic carbocycles. The van der Waals surface area contributed by atoms with Crippen molar-refractivity contribution in [3.63, 3.8) is 0 Å². The zero-order valence-electron chi connectivity index (χ0n) is 9.33. The molecule has 17 heavy (non-hydrogen) atoms. The van der Waals surface area contributed by atoms with Crippen molar-refractivity contribution in [1.29, 1.82) is 0 Å². The fourth-order valence-corrected chi connectivity index (χ4v) is 1.78. The van der Waals surface area contributed by atoms with Crippen LogP contribution in [-0.2, 0) is 4.74 Å². The summed E-state index contributed by atoms with van der Waals surface area (Å²) < 4.78 is 5.29. The molecule has 0 bridgehead atoms. The van der Waals surface area contributed by atoms with E-state index in [1.165, 1.54) is 0 Å². The highest BCUT2D eigenvalue weighted by Crippen LogP contribution is 2.20. The van der Waals surface area contributed by atoms with Crippen LogP contribution in [0.1, 0.15) is 0 Å². The van der Waals surface area contributed by atoms with E-state index in [2.05, 4.69) is 15.4 Å². The van der Waals surface area contributed by atoms with E-state index >= 15 is 0 Å². The second-order valence-electron chi connectivity index (χ2n) is 3.72. The molecular formula is C9H16N6O2. The Balaban J connectivity index is 2.27. The van der Waals surface area contributed by atoms with Gasteiger partial charge in [0, 0.05) is 12.6 Å². The van der Waals surface area contributed by atoms with Gasteiger partial charge in [0.25, 0.3) is 0 Å². The molecule has 1 aromatic rings. The van der Waals surface area contributed by atoms with Crippen molar-refractivity contribution in [3.8, 4) is 0 Å². The number of aromatic nitrogens is 2. The van der Waals surface area contributed by atoms with E-state index < -0.39 is 0 Å². The fourth-order valence-electron chi connectivity index (χ4n) is 1.78. The molecule has 0 radical (unpaired) electrons. The maximum atomic E-state index is 9.28. The molecule has 8 heteroatoms. The highest BCUT2D eigenvalue weighted by atomic mass is 16.5. The van der Waals surface area contributed by atoms with Crippen LogP contribution in [0.4, 0.5) is 17.6 Å². The third-order valence-corrected chi connectivity index (χ3v) is 2.61. The molecule has 1 saturated heterocycles. The summed E-state index contributed by atoms with van der Waals surface area (Å²) in [6, 6.07) is 1.56. The Morgan fingerprint density at radius 1 is 1.59 bits per heavy atom. The van der Waals surface area contributed by atoms with Gasteiger partial charge in [-0.25, -0.2) is 5.84 Å². The number of nitrogens with zero attached hydrogens (tertiary/aromatic N) is 3. The minimum Gasteiger partial charge on any atom is -0.394 e. The molecule has 1 fully saturated rings. The Labute approximate surface area is 98.6 Å². The van der Waals surface area contributed by atoms with Crippen molar-refractivity contribution in [1.82, 2.24) is 9.97 Å². The number of morpholine rings is 1. The fraction of sp³-hybridized carbons (Fsp3) is 0.556. The van der Waals surface area contributed by atoms with Gasteiger partial charge in [0.1, 0.15) is 11.6 Å². The number of anilines is 3. The van der Waals surface area contributed by atoms with Gasteiger partial charge >= 0.3 is 0 Å². The van der Waals surface area contributed by atoms with Gasteiger partial charge in [-0.05, 0) is 0 Å². The van der Waals surface area contributed by atoms with Crippen molar-refractivity contribution in [2.24, 2.45) is 5.84 Å². The van der Waals surface area contributed by atoms with Gasteiger partial charge in [-0.15, -0.1) is 0 Å². The number of hydrogen-bond donors (Lipinski definition) is 4. The number of aliphatic hydroxyl groups excluding tert-OH is 1. The second kappa shape index (κ2) is 5.13. The first-order valence-corrected chi connectivity index (χ1v) is 5.31. The van der Waals surface area contributed by atoms with E-state index in [-0.39, 0.29) is 18.6 Å². The molecule has 0 spiro atoms.